The quantitative estimate of drug-likeness (QED) is 0.846. The fourth-order valence-electron chi connectivity index (χ4n) is 2.08. The Bertz CT molecular complexity index is 514. The second-order valence-corrected chi connectivity index (χ2v) is 7.07. The third kappa shape index (κ3) is 3.79. The van der Waals surface area contributed by atoms with E-state index >= 15 is 0 Å². The molecule has 0 aliphatic carbocycles. The van der Waals surface area contributed by atoms with Crippen molar-refractivity contribution in [2.24, 2.45) is 5.14 Å². The Balaban J connectivity index is 3.12. The molecule has 0 heterocycles. The number of hydrogen-bond acceptors (Lipinski definition) is 1. The van der Waals surface area contributed by atoms with Crippen molar-refractivity contribution in [3.05, 3.63) is 35.1 Å². The number of benzene rings is 1. The summed E-state index contributed by atoms with van der Waals surface area (Å²) in [4.78, 5) is 0. The highest BCUT2D eigenvalue weighted by molar-refractivity contribution is 7.84. The lowest BCUT2D eigenvalue weighted by molar-refractivity contribution is -0.140. The molecule has 0 spiro atoms. The van der Waals surface area contributed by atoms with Gasteiger partial charge in [0.2, 0.25) is 0 Å². The molecule has 0 bridgehead atoms. The first kappa shape index (κ1) is 17.1. The molecule has 0 radical (unpaired) electrons. The number of hydrogen-bond donors (Lipinski definition) is 1. The van der Waals surface area contributed by atoms with Gasteiger partial charge < -0.3 is 0 Å². The average molecular weight is 311 g/mol. The van der Waals surface area contributed by atoms with E-state index < -0.39 is 39.2 Å². The molecule has 0 aromatic heterocycles. The van der Waals surface area contributed by atoms with E-state index in [1.54, 1.807) is 20.8 Å². The van der Waals surface area contributed by atoms with Crippen LogP contribution in [0.5, 0.6) is 0 Å². The van der Waals surface area contributed by atoms with Crippen LogP contribution in [0.15, 0.2) is 18.2 Å². The molecule has 2 atom stereocenters. The SMILES string of the molecule is C[C@H](CC(C)(C)S(N)=O)c1cccc(C(F)(F)F)c1F. The third-order valence-electron chi connectivity index (χ3n) is 3.21. The smallest absolute Gasteiger partial charge is 0.251 e. The molecule has 0 saturated heterocycles. The monoisotopic (exact) mass is 311 g/mol. The van der Waals surface area contributed by atoms with E-state index in [1.165, 1.54) is 12.1 Å². The lowest BCUT2D eigenvalue weighted by Gasteiger charge is -2.26. The summed E-state index contributed by atoms with van der Waals surface area (Å²) < 4.78 is 62.5. The molecule has 2 nitrogen and oxygen atoms in total. The maximum atomic E-state index is 14.0. The van der Waals surface area contributed by atoms with E-state index in [1.807, 2.05) is 0 Å². The van der Waals surface area contributed by atoms with E-state index in [2.05, 4.69) is 0 Å². The maximum absolute atomic E-state index is 14.0. The molecular formula is C13H17F4NOS. The van der Waals surface area contributed by atoms with Crippen LogP contribution in [0.2, 0.25) is 0 Å². The van der Waals surface area contributed by atoms with E-state index in [0.717, 1.165) is 0 Å². The number of halogens is 4. The molecule has 0 aliphatic rings. The zero-order valence-electron chi connectivity index (χ0n) is 11.4. The minimum Gasteiger partial charge on any atom is -0.251 e. The summed E-state index contributed by atoms with van der Waals surface area (Å²) in [5.41, 5.74) is -1.33. The lowest BCUT2D eigenvalue weighted by atomic mass is 9.90. The van der Waals surface area contributed by atoms with Crippen LogP contribution in [0, 0.1) is 5.82 Å². The zero-order valence-corrected chi connectivity index (χ0v) is 12.2. The van der Waals surface area contributed by atoms with E-state index in [4.69, 9.17) is 5.14 Å². The van der Waals surface area contributed by atoms with Gasteiger partial charge in [0, 0.05) is 0 Å². The highest BCUT2D eigenvalue weighted by atomic mass is 32.2. The Kier molecular flexibility index (Phi) is 4.97. The maximum Gasteiger partial charge on any atom is 0.419 e. The number of nitrogens with two attached hydrogens (primary N) is 1. The highest BCUT2D eigenvalue weighted by Gasteiger charge is 2.36. The second-order valence-electron chi connectivity index (χ2n) is 5.37. The second kappa shape index (κ2) is 5.81. The van der Waals surface area contributed by atoms with Gasteiger partial charge in [-0.1, -0.05) is 19.1 Å². The van der Waals surface area contributed by atoms with Crippen LogP contribution in [0.1, 0.15) is 44.2 Å². The van der Waals surface area contributed by atoms with Crippen molar-refractivity contribution in [3.8, 4) is 0 Å². The van der Waals surface area contributed by atoms with Crippen LogP contribution in [0.4, 0.5) is 17.6 Å². The van der Waals surface area contributed by atoms with Crippen molar-refractivity contribution in [2.45, 2.75) is 44.0 Å². The molecule has 1 unspecified atom stereocenters. The van der Waals surface area contributed by atoms with Gasteiger partial charge in [-0.3, -0.25) is 5.14 Å². The topological polar surface area (TPSA) is 43.1 Å². The van der Waals surface area contributed by atoms with Gasteiger partial charge in [-0.25, -0.2) is 8.60 Å². The molecule has 0 amide bonds. The van der Waals surface area contributed by atoms with Crippen LogP contribution >= 0.6 is 0 Å². The summed E-state index contributed by atoms with van der Waals surface area (Å²) in [5, 5.41) is 5.33. The van der Waals surface area contributed by atoms with Crippen molar-refractivity contribution in [3.63, 3.8) is 0 Å². The van der Waals surface area contributed by atoms with Gasteiger partial charge in [0.25, 0.3) is 0 Å². The lowest BCUT2D eigenvalue weighted by Crippen LogP contribution is -2.33. The molecule has 114 valence electrons. The molecule has 0 fully saturated rings. The molecule has 20 heavy (non-hydrogen) atoms. The fourth-order valence-corrected chi connectivity index (χ4v) is 2.49. The van der Waals surface area contributed by atoms with Gasteiger partial charge in [0.15, 0.2) is 0 Å². The van der Waals surface area contributed by atoms with Gasteiger partial charge in [0.1, 0.15) is 5.82 Å². The first-order valence-corrected chi connectivity index (χ1v) is 7.20. The number of rotatable bonds is 4. The van der Waals surface area contributed by atoms with Gasteiger partial charge in [0.05, 0.1) is 21.3 Å². The first-order chi connectivity index (χ1) is 8.97. The summed E-state index contributed by atoms with van der Waals surface area (Å²) in [6.45, 7) is 4.85. The summed E-state index contributed by atoms with van der Waals surface area (Å²) >= 11 is 0. The summed E-state index contributed by atoms with van der Waals surface area (Å²) in [5.74, 6) is -1.80. The van der Waals surface area contributed by atoms with Gasteiger partial charge in [-0.15, -0.1) is 0 Å². The van der Waals surface area contributed by atoms with Gasteiger partial charge >= 0.3 is 6.18 Å². The third-order valence-corrected chi connectivity index (χ3v) is 4.46. The Morgan fingerprint density at radius 2 is 1.85 bits per heavy atom. The average Bonchev–Trinajstić information content (AvgIpc) is 2.26. The standard InChI is InChI=1S/C13H17F4NOS/c1-8(7-12(2,3)20(18)19)9-5-4-6-10(11(9)14)13(15,16)17/h4-6,8H,7,18H2,1-3H3/t8-,20?/m1/s1. The van der Waals surface area contributed by atoms with Crippen LogP contribution in [0.25, 0.3) is 0 Å². The normalized spacial score (nSPS) is 16.0. The molecule has 1 aromatic rings. The highest BCUT2D eigenvalue weighted by Crippen LogP contribution is 2.36. The predicted octanol–water partition coefficient (Wildman–Crippen LogP) is 3.74. The van der Waals surface area contributed by atoms with Crippen LogP contribution < -0.4 is 5.14 Å². The Morgan fingerprint density at radius 3 is 2.30 bits per heavy atom. The van der Waals surface area contributed by atoms with Crippen molar-refractivity contribution >= 4 is 11.0 Å². The van der Waals surface area contributed by atoms with Gasteiger partial charge in [-0.05, 0) is 37.8 Å². The van der Waals surface area contributed by atoms with Crippen molar-refractivity contribution in [1.29, 1.82) is 0 Å². The van der Waals surface area contributed by atoms with Gasteiger partial charge in [-0.2, -0.15) is 13.2 Å². The molecule has 1 rings (SSSR count). The Morgan fingerprint density at radius 1 is 1.30 bits per heavy atom. The Labute approximate surface area is 117 Å². The minimum absolute atomic E-state index is 0.0432. The summed E-state index contributed by atoms with van der Waals surface area (Å²) in [6, 6.07) is 3.19. The van der Waals surface area contributed by atoms with Crippen LogP contribution in [0.3, 0.4) is 0 Å². The fraction of sp³-hybridized carbons (Fsp3) is 0.538. The van der Waals surface area contributed by atoms with E-state index in [9.17, 15) is 21.8 Å². The molecular weight excluding hydrogens is 294 g/mol. The summed E-state index contributed by atoms with van der Waals surface area (Å²) in [7, 11) is -1.64. The largest absolute Gasteiger partial charge is 0.419 e. The zero-order chi connectivity index (χ0) is 15.7. The molecule has 7 heteroatoms. The summed E-state index contributed by atoms with van der Waals surface area (Å²) in [6.07, 6.45) is -4.51. The molecule has 1 aromatic carbocycles. The Hall–Kier alpha value is -0.950. The van der Waals surface area contributed by atoms with E-state index in [0.29, 0.717) is 6.07 Å². The van der Waals surface area contributed by atoms with Crippen molar-refractivity contribution in [1.82, 2.24) is 0 Å². The molecule has 0 saturated carbocycles. The van der Waals surface area contributed by atoms with Crippen LogP contribution in [-0.2, 0) is 17.2 Å². The van der Waals surface area contributed by atoms with E-state index in [-0.39, 0.29) is 12.0 Å². The van der Waals surface area contributed by atoms with Crippen molar-refractivity contribution in [2.75, 3.05) is 0 Å². The molecule has 2 N–H and O–H groups in total. The van der Waals surface area contributed by atoms with Crippen LogP contribution in [-0.4, -0.2) is 8.96 Å². The minimum atomic E-state index is -4.73. The van der Waals surface area contributed by atoms with Crippen molar-refractivity contribution < 1.29 is 21.8 Å². The first-order valence-electron chi connectivity index (χ1n) is 5.98. The predicted molar refractivity (Wildman–Crippen MR) is 70.8 cm³/mol. The number of alkyl halides is 3. The molecule has 0 aliphatic heterocycles.